The molecule has 2 aliphatic rings. The molecule has 2 heterocycles. The van der Waals surface area contributed by atoms with E-state index in [0.29, 0.717) is 11.5 Å². The predicted molar refractivity (Wildman–Crippen MR) is 202 cm³/mol. The van der Waals surface area contributed by atoms with Crippen LogP contribution in [0.15, 0.2) is 66.9 Å². The quantitative estimate of drug-likeness (QED) is 0.194. The molecule has 3 unspecified atom stereocenters. The van der Waals surface area contributed by atoms with Crippen LogP contribution in [0.4, 0.5) is 10.2 Å². The SMILES string of the molecule is C=Cc1ccc(F)c(C=C)c1C(C)CCCC1=C(CCCC)C(C)CC=CC(c2cnc(N3CCCC(CCC)CC3)c(OC)c2)=C1. The minimum Gasteiger partial charge on any atom is -0.493 e. The first-order valence-electron chi connectivity index (χ1n) is 18.3. The van der Waals surface area contributed by atoms with E-state index in [1.54, 1.807) is 18.8 Å². The Hall–Kier alpha value is -3.40. The number of hydrogen-bond acceptors (Lipinski definition) is 3. The Morgan fingerprint density at radius 1 is 1.09 bits per heavy atom. The van der Waals surface area contributed by atoms with Crippen LogP contribution in [0, 0.1) is 17.7 Å². The molecule has 0 amide bonds. The van der Waals surface area contributed by atoms with Gasteiger partial charge in [0, 0.05) is 30.4 Å². The van der Waals surface area contributed by atoms with E-state index in [9.17, 15) is 4.39 Å². The van der Waals surface area contributed by atoms with Gasteiger partial charge in [0.2, 0.25) is 0 Å². The van der Waals surface area contributed by atoms with Crippen LogP contribution < -0.4 is 9.64 Å². The van der Waals surface area contributed by atoms with E-state index in [0.717, 1.165) is 79.4 Å². The van der Waals surface area contributed by atoms with Crippen molar-refractivity contribution in [3.63, 3.8) is 0 Å². The number of pyridine rings is 1. The van der Waals surface area contributed by atoms with Gasteiger partial charge in [-0.05, 0) is 110 Å². The van der Waals surface area contributed by atoms with Crippen molar-refractivity contribution in [2.75, 3.05) is 25.1 Å². The Labute approximate surface area is 285 Å². The van der Waals surface area contributed by atoms with Crippen molar-refractivity contribution in [1.82, 2.24) is 4.98 Å². The van der Waals surface area contributed by atoms with Gasteiger partial charge in [0.1, 0.15) is 5.82 Å². The Morgan fingerprint density at radius 3 is 2.64 bits per heavy atom. The number of methoxy groups -OCH3 is 1. The fourth-order valence-corrected chi connectivity index (χ4v) is 7.74. The summed E-state index contributed by atoms with van der Waals surface area (Å²) < 4.78 is 20.7. The molecule has 0 spiro atoms. The molecule has 0 bridgehead atoms. The molecule has 3 nitrogen and oxygen atoms in total. The van der Waals surface area contributed by atoms with Crippen molar-refractivity contribution in [2.45, 2.75) is 111 Å². The molecule has 1 aliphatic heterocycles. The number of benzene rings is 1. The second-order valence-corrected chi connectivity index (χ2v) is 13.8. The highest BCUT2D eigenvalue weighted by Gasteiger charge is 2.22. The molecule has 254 valence electrons. The molecule has 1 saturated heterocycles. The van der Waals surface area contributed by atoms with E-state index in [4.69, 9.17) is 9.72 Å². The molecular weight excluding hydrogens is 579 g/mol. The number of hydrogen-bond donors (Lipinski definition) is 0. The van der Waals surface area contributed by atoms with Gasteiger partial charge in [0.15, 0.2) is 11.6 Å². The Bertz CT molecular complexity index is 1450. The smallest absolute Gasteiger partial charge is 0.171 e. The molecule has 3 atom stereocenters. The third-order valence-corrected chi connectivity index (χ3v) is 10.4. The van der Waals surface area contributed by atoms with Crippen LogP contribution in [0.1, 0.15) is 133 Å². The van der Waals surface area contributed by atoms with Gasteiger partial charge in [-0.1, -0.05) is 102 Å². The van der Waals surface area contributed by atoms with Gasteiger partial charge in [-0.2, -0.15) is 0 Å². The highest BCUT2D eigenvalue weighted by molar-refractivity contribution is 5.78. The second-order valence-electron chi connectivity index (χ2n) is 13.8. The molecule has 4 rings (SSSR count). The van der Waals surface area contributed by atoms with Crippen LogP contribution in [0.5, 0.6) is 5.75 Å². The van der Waals surface area contributed by atoms with Crippen LogP contribution >= 0.6 is 0 Å². The van der Waals surface area contributed by atoms with E-state index in [1.807, 2.05) is 12.1 Å². The van der Waals surface area contributed by atoms with Crippen LogP contribution in [0.25, 0.3) is 17.7 Å². The van der Waals surface area contributed by atoms with Crippen LogP contribution in [0.2, 0.25) is 0 Å². The van der Waals surface area contributed by atoms with Crippen LogP contribution in [-0.2, 0) is 0 Å². The first-order chi connectivity index (χ1) is 22.8. The second kappa shape index (κ2) is 18.2. The maximum Gasteiger partial charge on any atom is 0.171 e. The highest BCUT2D eigenvalue weighted by atomic mass is 19.1. The van der Waals surface area contributed by atoms with Gasteiger partial charge >= 0.3 is 0 Å². The van der Waals surface area contributed by atoms with Crippen molar-refractivity contribution >= 4 is 23.5 Å². The maximum absolute atomic E-state index is 14.7. The summed E-state index contributed by atoms with van der Waals surface area (Å²) in [5.41, 5.74) is 7.93. The monoisotopic (exact) mass is 638 g/mol. The van der Waals surface area contributed by atoms with Gasteiger partial charge in [-0.3, -0.25) is 0 Å². The number of rotatable bonds is 15. The lowest BCUT2D eigenvalue weighted by Crippen LogP contribution is -2.25. The average molecular weight is 639 g/mol. The molecule has 4 heteroatoms. The van der Waals surface area contributed by atoms with E-state index >= 15 is 0 Å². The first-order valence-corrected chi connectivity index (χ1v) is 18.3. The zero-order valence-electron chi connectivity index (χ0n) is 29.9. The summed E-state index contributed by atoms with van der Waals surface area (Å²) in [6.45, 7) is 19.1. The molecule has 0 saturated carbocycles. The Kier molecular flexibility index (Phi) is 14.1. The van der Waals surface area contributed by atoms with E-state index in [-0.39, 0.29) is 11.7 Å². The summed E-state index contributed by atoms with van der Waals surface area (Å²) in [7, 11) is 1.77. The zero-order valence-corrected chi connectivity index (χ0v) is 29.9. The maximum atomic E-state index is 14.7. The Balaban J connectivity index is 1.62. The number of halogens is 1. The first kappa shape index (κ1) is 36.4. The third kappa shape index (κ3) is 9.36. The number of ether oxygens (including phenoxy) is 1. The largest absolute Gasteiger partial charge is 0.493 e. The molecule has 2 aromatic rings. The molecule has 1 aromatic carbocycles. The van der Waals surface area contributed by atoms with Crippen molar-refractivity contribution in [1.29, 1.82) is 0 Å². The molecule has 1 aliphatic carbocycles. The molecule has 0 radical (unpaired) electrons. The third-order valence-electron chi connectivity index (χ3n) is 10.4. The Morgan fingerprint density at radius 2 is 1.91 bits per heavy atom. The normalized spacial score (nSPS) is 19.4. The summed E-state index contributed by atoms with van der Waals surface area (Å²) in [6.07, 6.45) is 26.4. The predicted octanol–water partition coefficient (Wildman–Crippen LogP) is 12.4. The minimum atomic E-state index is -0.211. The number of allylic oxidation sites excluding steroid dienone is 6. The van der Waals surface area contributed by atoms with Crippen molar-refractivity contribution in [3.8, 4) is 5.75 Å². The summed E-state index contributed by atoms with van der Waals surface area (Å²) in [5.74, 6) is 3.13. The van der Waals surface area contributed by atoms with E-state index in [1.165, 1.54) is 62.2 Å². The van der Waals surface area contributed by atoms with Gasteiger partial charge in [-0.25, -0.2) is 9.37 Å². The minimum absolute atomic E-state index is 0.193. The van der Waals surface area contributed by atoms with E-state index < -0.39 is 0 Å². The van der Waals surface area contributed by atoms with Crippen molar-refractivity contribution in [3.05, 3.63) is 95.0 Å². The van der Waals surface area contributed by atoms with Gasteiger partial charge < -0.3 is 9.64 Å². The lowest BCUT2D eigenvalue weighted by molar-refractivity contribution is 0.411. The number of nitrogens with zero attached hydrogens (tertiary/aromatic N) is 2. The molecule has 0 N–H and O–H groups in total. The molecular formula is C43H59FN2O. The summed E-state index contributed by atoms with van der Waals surface area (Å²) in [4.78, 5) is 7.48. The van der Waals surface area contributed by atoms with Gasteiger partial charge in [0.25, 0.3) is 0 Å². The standard InChI is InChI=1S/C43H59FN2O/c1-8-12-22-39-31(5)17-13-20-35(28-36(39)21-14-18-32(6)42-34(10-3)23-24-40(44)38(42)11-4)37-29-41(47-7)43(45-30-37)46-26-15-19-33(16-9-2)25-27-46/h10-11,13,20,23-24,28-33H,3-4,8-9,12,14-19,21-22,25-27H2,1-2,5-7H3. The van der Waals surface area contributed by atoms with Gasteiger partial charge in [-0.15, -0.1) is 0 Å². The fourth-order valence-electron chi connectivity index (χ4n) is 7.74. The van der Waals surface area contributed by atoms with Crippen molar-refractivity contribution in [2.24, 2.45) is 11.8 Å². The molecule has 1 fully saturated rings. The number of aromatic nitrogens is 1. The van der Waals surface area contributed by atoms with Crippen LogP contribution in [0.3, 0.4) is 0 Å². The zero-order chi connectivity index (χ0) is 33.8. The summed E-state index contributed by atoms with van der Waals surface area (Å²) in [6, 6.07) is 5.56. The molecule has 47 heavy (non-hydrogen) atoms. The summed E-state index contributed by atoms with van der Waals surface area (Å²) >= 11 is 0. The summed E-state index contributed by atoms with van der Waals surface area (Å²) in [5, 5.41) is 0. The fraction of sp³-hybridized carbons (Fsp3) is 0.512. The van der Waals surface area contributed by atoms with Gasteiger partial charge in [0.05, 0.1) is 7.11 Å². The van der Waals surface area contributed by atoms with Crippen LogP contribution in [-0.4, -0.2) is 25.2 Å². The topological polar surface area (TPSA) is 25.4 Å². The number of anilines is 1. The van der Waals surface area contributed by atoms with E-state index in [2.05, 4.69) is 76.2 Å². The molecule has 1 aromatic heterocycles. The highest BCUT2D eigenvalue weighted by Crippen LogP contribution is 2.37. The number of unbranched alkanes of at least 4 members (excludes halogenated alkanes) is 1. The average Bonchev–Trinajstić information content (AvgIpc) is 3.32. The lowest BCUT2D eigenvalue weighted by Gasteiger charge is -2.25. The van der Waals surface area contributed by atoms with Crippen molar-refractivity contribution < 1.29 is 9.13 Å². The lowest BCUT2D eigenvalue weighted by atomic mass is 9.82.